The monoisotopic (exact) mass is 336 g/mol. The zero-order chi connectivity index (χ0) is 17.1. The lowest BCUT2D eigenvalue weighted by atomic mass is 9.97. The zero-order valence-electron chi connectivity index (χ0n) is 13.7. The van der Waals surface area contributed by atoms with Crippen LogP contribution in [0.15, 0.2) is 0 Å². The predicted molar refractivity (Wildman–Crippen MR) is 78.3 cm³/mol. The van der Waals surface area contributed by atoms with Gasteiger partial charge in [0.2, 0.25) is 0 Å². The Hall–Kier alpha value is -0.320. The van der Waals surface area contributed by atoms with E-state index in [1.54, 1.807) is 0 Å². The van der Waals surface area contributed by atoms with Gasteiger partial charge in [-0.05, 0) is 5.92 Å². The smallest absolute Gasteiger partial charge is 0.186 e. The number of hydrogen-bond donors (Lipinski definition) is 4. The molecule has 0 aromatic carbocycles. The van der Waals surface area contributed by atoms with Gasteiger partial charge < -0.3 is 39.4 Å². The molecule has 0 aromatic heterocycles. The minimum Gasteiger partial charge on any atom is -0.390 e. The number of ether oxygens (including phenoxy) is 4. The molecule has 2 rings (SSSR count). The molecule has 2 saturated heterocycles. The first-order chi connectivity index (χ1) is 10.8. The molecule has 2 aliphatic rings. The fourth-order valence-corrected chi connectivity index (χ4v) is 2.55. The SMILES string of the molecule is CC(C)COC1OCC(C)C(O)C1OC1OCC(O)C(O)C1O. The Morgan fingerprint density at radius 2 is 1.61 bits per heavy atom. The Morgan fingerprint density at radius 3 is 2.26 bits per heavy atom. The highest BCUT2D eigenvalue weighted by molar-refractivity contribution is 4.87. The summed E-state index contributed by atoms with van der Waals surface area (Å²) in [4.78, 5) is 0. The van der Waals surface area contributed by atoms with Gasteiger partial charge in [0.1, 0.15) is 24.4 Å². The Morgan fingerprint density at radius 1 is 0.957 bits per heavy atom. The Balaban J connectivity index is 2.02. The molecular formula is C15H28O8. The van der Waals surface area contributed by atoms with E-state index in [-0.39, 0.29) is 18.4 Å². The lowest BCUT2D eigenvalue weighted by molar-refractivity contribution is -0.339. The van der Waals surface area contributed by atoms with Crippen molar-refractivity contribution in [1.29, 1.82) is 0 Å². The lowest BCUT2D eigenvalue weighted by Gasteiger charge is -2.42. The van der Waals surface area contributed by atoms with Crippen molar-refractivity contribution in [2.24, 2.45) is 11.8 Å². The summed E-state index contributed by atoms with van der Waals surface area (Å²) in [6.07, 6.45) is -7.66. The van der Waals surface area contributed by atoms with Gasteiger partial charge in [-0.25, -0.2) is 0 Å². The van der Waals surface area contributed by atoms with Crippen LogP contribution in [0.5, 0.6) is 0 Å². The van der Waals surface area contributed by atoms with E-state index >= 15 is 0 Å². The van der Waals surface area contributed by atoms with Gasteiger partial charge >= 0.3 is 0 Å². The molecule has 2 aliphatic heterocycles. The maximum atomic E-state index is 10.4. The van der Waals surface area contributed by atoms with Crippen LogP contribution in [0.4, 0.5) is 0 Å². The van der Waals surface area contributed by atoms with Gasteiger partial charge in [0, 0.05) is 5.92 Å². The summed E-state index contributed by atoms with van der Waals surface area (Å²) in [5.41, 5.74) is 0. The molecular weight excluding hydrogens is 308 g/mol. The van der Waals surface area contributed by atoms with Gasteiger partial charge in [-0.1, -0.05) is 20.8 Å². The summed E-state index contributed by atoms with van der Waals surface area (Å²) in [5.74, 6) is 0.111. The van der Waals surface area contributed by atoms with E-state index in [1.807, 2.05) is 20.8 Å². The Bertz CT molecular complexity index is 365. The number of hydrogen-bond acceptors (Lipinski definition) is 8. The molecule has 23 heavy (non-hydrogen) atoms. The van der Waals surface area contributed by atoms with Crippen molar-refractivity contribution in [3.05, 3.63) is 0 Å². The third kappa shape index (κ3) is 4.61. The van der Waals surface area contributed by atoms with Crippen LogP contribution in [-0.4, -0.2) is 83.3 Å². The van der Waals surface area contributed by atoms with Crippen molar-refractivity contribution in [2.45, 2.75) is 63.9 Å². The standard InChI is InChI=1S/C15H28O8/c1-7(2)4-20-15-13(10(17)8(3)5-21-15)23-14-12(19)11(18)9(16)6-22-14/h7-19H,4-6H2,1-3H3. The minimum atomic E-state index is -1.42. The Labute approximate surface area is 135 Å². The van der Waals surface area contributed by atoms with Gasteiger partial charge in [0.05, 0.1) is 25.9 Å². The molecule has 8 unspecified atom stereocenters. The molecule has 136 valence electrons. The van der Waals surface area contributed by atoms with Crippen molar-refractivity contribution >= 4 is 0 Å². The summed E-state index contributed by atoms with van der Waals surface area (Å²) < 4.78 is 22.1. The molecule has 8 atom stereocenters. The number of aliphatic hydroxyl groups excluding tert-OH is 4. The summed E-state index contributed by atoms with van der Waals surface area (Å²) in [6, 6.07) is 0. The van der Waals surface area contributed by atoms with E-state index in [4.69, 9.17) is 18.9 Å². The summed E-state index contributed by atoms with van der Waals surface area (Å²) in [6.45, 7) is 6.39. The highest BCUT2D eigenvalue weighted by atomic mass is 16.7. The van der Waals surface area contributed by atoms with Gasteiger partial charge in [-0.3, -0.25) is 0 Å². The normalized spacial score (nSPS) is 45.4. The van der Waals surface area contributed by atoms with E-state index in [1.165, 1.54) is 0 Å². The maximum absolute atomic E-state index is 10.4. The predicted octanol–water partition coefficient (Wildman–Crippen LogP) is -1.16. The van der Waals surface area contributed by atoms with E-state index in [0.29, 0.717) is 13.2 Å². The summed E-state index contributed by atoms with van der Waals surface area (Å²) >= 11 is 0. The molecule has 8 nitrogen and oxygen atoms in total. The molecule has 0 saturated carbocycles. The molecule has 2 heterocycles. The topological polar surface area (TPSA) is 118 Å². The average Bonchev–Trinajstić information content (AvgIpc) is 2.51. The van der Waals surface area contributed by atoms with Gasteiger partial charge in [-0.15, -0.1) is 0 Å². The van der Waals surface area contributed by atoms with E-state index in [0.717, 1.165) is 0 Å². The van der Waals surface area contributed by atoms with Gasteiger partial charge in [0.15, 0.2) is 12.6 Å². The van der Waals surface area contributed by atoms with Crippen molar-refractivity contribution in [3.63, 3.8) is 0 Å². The second-order valence-electron chi connectivity index (χ2n) is 6.75. The molecule has 0 aliphatic carbocycles. The molecule has 2 fully saturated rings. The number of aliphatic hydroxyl groups is 4. The van der Waals surface area contributed by atoms with Crippen molar-refractivity contribution in [3.8, 4) is 0 Å². The van der Waals surface area contributed by atoms with Crippen molar-refractivity contribution < 1.29 is 39.4 Å². The lowest BCUT2D eigenvalue weighted by Crippen LogP contribution is -2.59. The molecule has 0 amide bonds. The van der Waals surface area contributed by atoms with Crippen LogP contribution in [0, 0.1) is 11.8 Å². The van der Waals surface area contributed by atoms with Crippen LogP contribution in [0.2, 0.25) is 0 Å². The van der Waals surface area contributed by atoms with Gasteiger partial charge in [-0.2, -0.15) is 0 Å². The molecule has 0 spiro atoms. The first-order valence-corrected chi connectivity index (χ1v) is 8.03. The summed E-state index contributed by atoms with van der Waals surface area (Å²) in [7, 11) is 0. The second kappa shape index (κ2) is 8.17. The summed E-state index contributed by atoms with van der Waals surface area (Å²) in [5, 5.41) is 39.5. The minimum absolute atomic E-state index is 0.167. The van der Waals surface area contributed by atoms with Crippen LogP contribution in [-0.2, 0) is 18.9 Å². The average molecular weight is 336 g/mol. The van der Waals surface area contributed by atoms with Crippen molar-refractivity contribution in [2.75, 3.05) is 19.8 Å². The van der Waals surface area contributed by atoms with Gasteiger partial charge in [0.25, 0.3) is 0 Å². The van der Waals surface area contributed by atoms with E-state index < -0.39 is 43.1 Å². The highest BCUT2D eigenvalue weighted by Gasteiger charge is 2.45. The largest absolute Gasteiger partial charge is 0.390 e. The van der Waals surface area contributed by atoms with Crippen LogP contribution in [0.1, 0.15) is 20.8 Å². The molecule has 8 heteroatoms. The first-order valence-electron chi connectivity index (χ1n) is 8.03. The molecule has 0 bridgehead atoms. The van der Waals surface area contributed by atoms with Crippen LogP contribution < -0.4 is 0 Å². The van der Waals surface area contributed by atoms with E-state index in [2.05, 4.69) is 0 Å². The molecule has 4 N–H and O–H groups in total. The highest BCUT2D eigenvalue weighted by Crippen LogP contribution is 2.27. The fourth-order valence-electron chi connectivity index (χ4n) is 2.55. The zero-order valence-corrected chi connectivity index (χ0v) is 13.7. The third-order valence-corrected chi connectivity index (χ3v) is 4.05. The first kappa shape index (κ1) is 19.0. The molecule has 0 aromatic rings. The van der Waals surface area contributed by atoms with Crippen LogP contribution in [0.3, 0.4) is 0 Å². The second-order valence-corrected chi connectivity index (χ2v) is 6.75. The third-order valence-electron chi connectivity index (χ3n) is 4.05. The van der Waals surface area contributed by atoms with Crippen molar-refractivity contribution in [1.82, 2.24) is 0 Å². The molecule has 0 radical (unpaired) electrons. The van der Waals surface area contributed by atoms with E-state index in [9.17, 15) is 20.4 Å². The fraction of sp³-hybridized carbons (Fsp3) is 1.00. The number of rotatable bonds is 5. The maximum Gasteiger partial charge on any atom is 0.186 e. The van der Waals surface area contributed by atoms with Crippen LogP contribution in [0.25, 0.3) is 0 Å². The van der Waals surface area contributed by atoms with Crippen LogP contribution >= 0.6 is 0 Å². The Kier molecular flexibility index (Phi) is 6.76. The quantitative estimate of drug-likeness (QED) is 0.496.